The maximum Gasteiger partial charge on any atom is 0.239 e. The summed E-state index contributed by atoms with van der Waals surface area (Å²) in [6, 6.07) is 10.1. The van der Waals surface area contributed by atoms with Gasteiger partial charge >= 0.3 is 0 Å². The second kappa shape index (κ2) is 7.26. The summed E-state index contributed by atoms with van der Waals surface area (Å²) in [5.41, 5.74) is 2.64. The van der Waals surface area contributed by atoms with E-state index in [1.165, 1.54) is 6.07 Å². The quantitative estimate of drug-likeness (QED) is 0.539. The number of hydrogen-bond donors (Lipinski definition) is 1. The van der Waals surface area contributed by atoms with Crippen molar-refractivity contribution in [1.29, 1.82) is 0 Å². The third-order valence-corrected chi connectivity index (χ3v) is 4.57. The fourth-order valence-electron chi connectivity index (χ4n) is 3.17. The van der Waals surface area contributed by atoms with E-state index in [9.17, 15) is 8.78 Å². The van der Waals surface area contributed by atoms with Gasteiger partial charge < -0.3 is 4.42 Å². The van der Waals surface area contributed by atoms with Gasteiger partial charge in [0, 0.05) is 5.39 Å². The summed E-state index contributed by atoms with van der Waals surface area (Å²) in [4.78, 5) is 0. The van der Waals surface area contributed by atoms with Gasteiger partial charge in [0.05, 0.1) is 0 Å². The second-order valence-electron chi connectivity index (χ2n) is 6.50. The molecule has 4 rings (SSSR count). The summed E-state index contributed by atoms with van der Waals surface area (Å²) in [7, 11) is 0. The zero-order valence-electron chi connectivity index (χ0n) is 14.8. The number of hydrogen-bond acceptors (Lipinski definition) is 4. The van der Waals surface area contributed by atoms with Crippen molar-refractivity contribution < 1.29 is 13.2 Å². The Morgan fingerprint density at radius 3 is 2.56 bits per heavy atom. The summed E-state index contributed by atoms with van der Waals surface area (Å²) in [5.74, 6) is 0.229. The maximum absolute atomic E-state index is 14.5. The largest absolute Gasteiger partial charge is 0.453 e. The topological polar surface area (TPSA) is 67.6 Å². The lowest BCUT2D eigenvalue weighted by atomic mass is 10.0. The molecule has 1 N–H and O–H groups in total. The Kier molecular flexibility index (Phi) is 4.66. The summed E-state index contributed by atoms with van der Waals surface area (Å²) in [5, 5.41) is 14.2. The standard InChI is InChI=1S/C20H18F2N4O/c1-2-3-13-6-4-12(8-16(13)21)5-7-14-10-18-15(9-17(14)22)11-19(27-18)20-23-25-26-24-20/h4,6,8-11H,2-3,5,7H2,1H3,(H,23,24,25,26). The van der Waals surface area contributed by atoms with Crippen LogP contribution in [-0.2, 0) is 19.3 Å². The van der Waals surface area contributed by atoms with E-state index in [4.69, 9.17) is 4.42 Å². The molecule has 0 aliphatic carbocycles. The minimum atomic E-state index is -0.314. The molecule has 138 valence electrons. The zero-order chi connectivity index (χ0) is 18.8. The van der Waals surface area contributed by atoms with Crippen molar-refractivity contribution >= 4 is 11.0 Å². The number of fused-ring (bicyclic) bond motifs is 1. The van der Waals surface area contributed by atoms with Gasteiger partial charge in [0.2, 0.25) is 5.82 Å². The van der Waals surface area contributed by atoms with E-state index in [0.717, 1.165) is 24.0 Å². The van der Waals surface area contributed by atoms with Crippen LogP contribution in [0.5, 0.6) is 0 Å². The van der Waals surface area contributed by atoms with Crippen molar-refractivity contribution in [2.75, 3.05) is 0 Å². The second-order valence-corrected chi connectivity index (χ2v) is 6.50. The van der Waals surface area contributed by atoms with E-state index in [1.54, 1.807) is 18.2 Å². The van der Waals surface area contributed by atoms with Crippen molar-refractivity contribution in [3.8, 4) is 11.6 Å². The van der Waals surface area contributed by atoms with Crippen molar-refractivity contribution in [2.45, 2.75) is 32.6 Å². The number of rotatable bonds is 6. The number of aryl methyl sites for hydroxylation is 3. The Labute approximate surface area is 154 Å². The van der Waals surface area contributed by atoms with Crippen molar-refractivity contribution in [3.63, 3.8) is 0 Å². The predicted molar refractivity (Wildman–Crippen MR) is 97.1 cm³/mol. The van der Waals surface area contributed by atoms with Crippen LogP contribution < -0.4 is 0 Å². The van der Waals surface area contributed by atoms with Gasteiger partial charge in [-0.25, -0.2) is 8.78 Å². The fraction of sp³-hybridized carbons (Fsp3) is 0.250. The Morgan fingerprint density at radius 1 is 0.963 bits per heavy atom. The molecule has 0 aliphatic rings. The molecule has 0 amide bonds. The first-order chi connectivity index (χ1) is 13.1. The minimum absolute atomic E-state index is 0.193. The van der Waals surface area contributed by atoms with E-state index in [2.05, 4.69) is 20.6 Å². The van der Waals surface area contributed by atoms with Crippen LogP contribution in [0.2, 0.25) is 0 Å². The normalized spacial score (nSPS) is 11.4. The molecule has 4 aromatic rings. The van der Waals surface area contributed by atoms with Gasteiger partial charge in [-0.15, -0.1) is 10.2 Å². The highest BCUT2D eigenvalue weighted by Gasteiger charge is 2.13. The third kappa shape index (κ3) is 3.58. The number of benzene rings is 2. The van der Waals surface area contributed by atoms with E-state index in [1.807, 2.05) is 19.1 Å². The van der Waals surface area contributed by atoms with Crippen molar-refractivity contribution in [2.24, 2.45) is 0 Å². The molecule has 0 atom stereocenters. The molecule has 0 aliphatic heterocycles. The highest BCUT2D eigenvalue weighted by Crippen LogP contribution is 2.28. The summed E-state index contributed by atoms with van der Waals surface area (Å²) in [6.45, 7) is 2.02. The summed E-state index contributed by atoms with van der Waals surface area (Å²) < 4.78 is 34.2. The molecule has 0 unspecified atom stereocenters. The Morgan fingerprint density at radius 2 is 1.81 bits per heavy atom. The van der Waals surface area contributed by atoms with Crippen molar-refractivity contribution in [3.05, 3.63) is 64.7 Å². The molecular weight excluding hydrogens is 350 g/mol. The van der Waals surface area contributed by atoms with Gasteiger partial charge in [0.15, 0.2) is 5.76 Å². The molecular formula is C20H18F2N4O. The van der Waals surface area contributed by atoms with Crippen LogP contribution >= 0.6 is 0 Å². The van der Waals surface area contributed by atoms with E-state index in [-0.39, 0.29) is 11.6 Å². The van der Waals surface area contributed by atoms with E-state index in [0.29, 0.717) is 41.0 Å². The predicted octanol–water partition coefficient (Wildman–Crippen LogP) is 4.63. The van der Waals surface area contributed by atoms with Crippen LogP contribution in [0.3, 0.4) is 0 Å². The lowest BCUT2D eigenvalue weighted by Gasteiger charge is -2.07. The molecule has 2 aromatic carbocycles. The number of halogens is 2. The number of aromatic amines is 1. The Balaban J connectivity index is 1.55. The van der Waals surface area contributed by atoms with E-state index < -0.39 is 0 Å². The Hall–Kier alpha value is -3.09. The minimum Gasteiger partial charge on any atom is -0.453 e. The highest BCUT2D eigenvalue weighted by atomic mass is 19.1. The fourth-order valence-corrected chi connectivity index (χ4v) is 3.17. The van der Waals surface area contributed by atoms with Crippen LogP contribution in [0.25, 0.3) is 22.6 Å². The van der Waals surface area contributed by atoms with Crippen molar-refractivity contribution in [1.82, 2.24) is 20.6 Å². The molecule has 5 nitrogen and oxygen atoms in total. The smallest absolute Gasteiger partial charge is 0.239 e. The monoisotopic (exact) mass is 368 g/mol. The third-order valence-electron chi connectivity index (χ3n) is 4.57. The molecule has 27 heavy (non-hydrogen) atoms. The molecule has 2 aromatic heterocycles. The molecule has 7 heteroatoms. The summed E-state index contributed by atoms with van der Waals surface area (Å²) in [6.07, 6.45) is 2.62. The molecule has 0 bridgehead atoms. The molecule has 0 radical (unpaired) electrons. The van der Waals surface area contributed by atoms with Crippen LogP contribution in [0.1, 0.15) is 30.0 Å². The highest BCUT2D eigenvalue weighted by molar-refractivity contribution is 5.82. The average molecular weight is 368 g/mol. The van der Waals surface area contributed by atoms with Crippen LogP contribution in [0.15, 0.2) is 40.8 Å². The number of aromatic nitrogens is 4. The molecule has 0 spiro atoms. The first-order valence-corrected chi connectivity index (χ1v) is 8.87. The zero-order valence-corrected chi connectivity index (χ0v) is 14.8. The van der Waals surface area contributed by atoms with Gasteiger partial charge in [0.1, 0.15) is 17.2 Å². The first kappa shape index (κ1) is 17.3. The van der Waals surface area contributed by atoms with Crippen LogP contribution in [0.4, 0.5) is 8.78 Å². The SMILES string of the molecule is CCCc1ccc(CCc2cc3oc(-c4nn[nH]n4)cc3cc2F)cc1F. The first-order valence-electron chi connectivity index (χ1n) is 8.87. The van der Waals surface area contributed by atoms with Gasteiger partial charge in [-0.2, -0.15) is 5.21 Å². The summed E-state index contributed by atoms with van der Waals surface area (Å²) >= 11 is 0. The van der Waals surface area contributed by atoms with Gasteiger partial charge in [-0.05, 0) is 65.4 Å². The molecule has 0 saturated heterocycles. The average Bonchev–Trinajstić information content (AvgIpc) is 3.31. The maximum atomic E-state index is 14.5. The van der Waals surface area contributed by atoms with Gasteiger partial charge in [-0.3, -0.25) is 0 Å². The number of nitrogens with zero attached hydrogens (tertiary/aromatic N) is 3. The molecule has 0 fully saturated rings. The van der Waals surface area contributed by atoms with Gasteiger partial charge in [0.25, 0.3) is 0 Å². The number of H-pyrrole nitrogens is 1. The molecule has 2 heterocycles. The van der Waals surface area contributed by atoms with Crippen LogP contribution in [-0.4, -0.2) is 20.6 Å². The number of tetrazole rings is 1. The number of furan rings is 1. The Bertz CT molecular complexity index is 1070. The van der Waals surface area contributed by atoms with Crippen LogP contribution in [0, 0.1) is 11.6 Å². The molecule has 0 saturated carbocycles. The lowest BCUT2D eigenvalue weighted by molar-refractivity contribution is 0.598. The van der Waals surface area contributed by atoms with Gasteiger partial charge in [-0.1, -0.05) is 25.5 Å². The lowest BCUT2D eigenvalue weighted by Crippen LogP contribution is -1.97. The van der Waals surface area contributed by atoms with E-state index >= 15 is 0 Å². The number of nitrogens with one attached hydrogen (secondary N) is 1.